The highest BCUT2D eigenvalue weighted by Crippen LogP contribution is 2.33. The van der Waals surface area contributed by atoms with Gasteiger partial charge < -0.3 is 9.47 Å². The van der Waals surface area contributed by atoms with Gasteiger partial charge in [-0.3, -0.25) is 4.79 Å². The molecule has 3 aromatic carbocycles. The molecule has 0 radical (unpaired) electrons. The standard InChI is InChI=1S/C25H24O4S/c1-16-17(2)23(24(26)19-8-6-5-7-9-19)21(25(27)29-4)14-22(16)30-15-18-10-12-20(28-3)13-11-18/h5-14H,15H2,1-4H3. The Morgan fingerprint density at radius 1 is 0.900 bits per heavy atom. The van der Waals surface area contributed by atoms with Crippen molar-refractivity contribution in [1.82, 2.24) is 0 Å². The Balaban J connectivity index is 1.98. The average molecular weight is 421 g/mol. The lowest BCUT2D eigenvalue weighted by molar-refractivity contribution is 0.0597. The van der Waals surface area contributed by atoms with Crippen LogP contribution < -0.4 is 4.74 Å². The maximum atomic E-state index is 13.2. The Kier molecular flexibility index (Phi) is 6.95. The van der Waals surface area contributed by atoms with Gasteiger partial charge in [0, 0.05) is 21.8 Å². The first-order valence-corrected chi connectivity index (χ1v) is 10.5. The molecule has 0 aromatic heterocycles. The van der Waals surface area contributed by atoms with E-state index in [1.54, 1.807) is 37.1 Å². The summed E-state index contributed by atoms with van der Waals surface area (Å²) in [5, 5.41) is 0. The van der Waals surface area contributed by atoms with Crippen molar-refractivity contribution in [2.24, 2.45) is 0 Å². The van der Waals surface area contributed by atoms with Crippen LogP contribution in [0, 0.1) is 13.8 Å². The first kappa shape index (κ1) is 21.7. The van der Waals surface area contributed by atoms with Gasteiger partial charge in [-0.15, -0.1) is 11.8 Å². The third-order valence-electron chi connectivity index (χ3n) is 5.07. The number of carbonyl (C=O) groups is 2. The summed E-state index contributed by atoms with van der Waals surface area (Å²) in [6, 6.07) is 18.7. The third kappa shape index (κ3) is 4.57. The molecule has 0 spiro atoms. The first-order chi connectivity index (χ1) is 14.5. The Labute approximate surface area is 181 Å². The number of thioether (sulfide) groups is 1. The van der Waals surface area contributed by atoms with Gasteiger partial charge in [0.25, 0.3) is 0 Å². The largest absolute Gasteiger partial charge is 0.497 e. The van der Waals surface area contributed by atoms with Crippen molar-refractivity contribution < 1.29 is 19.1 Å². The normalized spacial score (nSPS) is 10.5. The van der Waals surface area contributed by atoms with E-state index in [0.717, 1.165) is 33.1 Å². The van der Waals surface area contributed by atoms with E-state index in [1.807, 2.05) is 56.3 Å². The lowest BCUT2D eigenvalue weighted by atomic mass is 9.91. The minimum Gasteiger partial charge on any atom is -0.497 e. The fraction of sp³-hybridized carbons (Fsp3) is 0.200. The highest BCUT2D eigenvalue weighted by atomic mass is 32.2. The molecule has 0 aliphatic carbocycles. The van der Waals surface area contributed by atoms with Crippen molar-refractivity contribution in [3.05, 3.63) is 94.0 Å². The monoisotopic (exact) mass is 420 g/mol. The molecule has 4 nitrogen and oxygen atoms in total. The van der Waals surface area contributed by atoms with Crippen molar-refractivity contribution in [1.29, 1.82) is 0 Å². The lowest BCUT2D eigenvalue weighted by Crippen LogP contribution is -2.15. The molecule has 0 aliphatic rings. The van der Waals surface area contributed by atoms with Crippen molar-refractivity contribution in [2.75, 3.05) is 14.2 Å². The molecular weight excluding hydrogens is 396 g/mol. The van der Waals surface area contributed by atoms with Crippen LogP contribution in [0.15, 0.2) is 65.6 Å². The van der Waals surface area contributed by atoms with Gasteiger partial charge >= 0.3 is 5.97 Å². The number of ether oxygens (including phenoxy) is 2. The maximum Gasteiger partial charge on any atom is 0.338 e. The zero-order chi connectivity index (χ0) is 21.7. The molecule has 0 unspecified atom stereocenters. The van der Waals surface area contributed by atoms with Crippen LogP contribution in [-0.2, 0) is 10.5 Å². The third-order valence-corrected chi connectivity index (χ3v) is 6.29. The van der Waals surface area contributed by atoms with Crippen LogP contribution in [0.2, 0.25) is 0 Å². The predicted molar refractivity (Wildman–Crippen MR) is 120 cm³/mol. The van der Waals surface area contributed by atoms with Gasteiger partial charge in [-0.2, -0.15) is 0 Å². The summed E-state index contributed by atoms with van der Waals surface area (Å²) in [6.45, 7) is 3.86. The van der Waals surface area contributed by atoms with E-state index in [1.165, 1.54) is 7.11 Å². The smallest absolute Gasteiger partial charge is 0.338 e. The van der Waals surface area contributed by atoms with Gasteiger partial charge in [-0.25, -0.2) is 4.79 Å². The minimum absolute atomic E-state index is 0.177. The Morgan fingerprint density at radius 2 is 1.57 bits per heavy atom. The van der Waals surface area contributed by atoms with Crippen LogP contribution in [0.25, 0.3) is 0 Å². The number of hydrogen-bond donors (Lipinski definition) is 0. The average Bonchev–Trinajstić information content (AvgIpc) is 2.79. The van der Waals surface area contributed by atoms with Crippen LogP contribution in [0.4, 0.5) is 0 Å². The molecule has 0 fully saturated rings. The van der Waals surface area contributed by atoms with Crippen LogP contribution in [0.5, 0.6) is 5.75 Å². The number of esters is 1. The summed E-state index contributed by atoms with van der Waals surface area (Å²) in [5.41, 5.74) is 4.17. The number of benzene rings is 3. The molecule has 0 atom stereocenters. The van der Waals surface area contributed by atoms with Crippen LogP contribution in [0.3, 0.4) is 0 Å². The second-order valence-electron chi connectivity index (χ2n) is 6.87. The van der Waals surface area contributed by atoms with Gasteiger partial charge in [0.15, 0.2) is 5.78 Å². The zero-order valence-electron chi connectivity index (χ0n) is 17.5. The topological polar surface area (TPSA) is 52.6 Å². The SMILES string of the molecule is COC(=O)c1cc(SCc2ccc(OC)cc2)c(C)c(C)c1C(=O)c1ccccc1. The van der Waals surface area contributed by atoms with E-state index in [-0.39, 0.29) is 5.78 Å². The number of rotatable bonds is 7. The molecule has 0 aliphatic heterocycles. The number of methoxy groups -OCH3 is 2. The molecule has 0 heterocycles. The van der Waals surface area contributed by atoms with Crippen molar-refractivity contribution in [3.63, 3.8) is 0 Å². The van der Waals surface area contributed by atoms with Gasteiger partial charge in [-0.05, 0) is 48.7 Å². The Morgan fingerprint density at radius 3 is 2.17 bits per heavy atom. The maximum absolute atomic E-state index is 13.2. The summed E-state index contributed by atoms with van der Waals surface area (Å²) in [4.78, 5) is 26.7. The van der Waals surface area contributed by atoms with Crippen molar-refractivity contribution in [3.8, 4) is 5.75 Å². The van der Waals surface area contributed by atoms with Gasteiger partial charge in [0.05, 0.1) is 19.8 Å². The Bertz CT molecular complexity index is 1060. The van der Waals surface area contributed by atoms with Crippen LogP contribution in [-0.4, -0.2) is 26.0 Å². The van der Waals surface area contributed by atoms with Crippen LogP contribution in [0.1, 0.15) is 43.0 Å². The fourth-order valence-corrected chi connectivity index (χ4v) is 4.30. The second-order valence-corrected chi connectivity index (χ2v) is 7.89. The first-order valence-electron chi connectivity index (χ1n) is 9.54. The van der Waals surface area contributed by atoms with Gasteiger partial charge in [0.1, 0.15) is 5.75 Å². The van der Waals surface area contributed by atoms with E-state index in [0.29, 0.717) is 16.7 Å². The quantitative estimate of drug-likeness (QED) is 0.282. The predicted octanol–water partition coefficient (Wildman–Crippen LogP) is 5.62. The molecule has 0 saturated carbocycles. The fourth-order valence-electron chi connectivity index (χ4n) is 3.22. The molecule has 0 saturated heterocycles. The van der Waals surface area contributed by atoms with E-state index in [2.05, 4.69) is 0 Å². The lowest BCUT2D eigenvalue weighted by Gasteiger charge is -2.17. The molecule has 5 heteroatoms. The summed E-state index contributed by atoms with van der Waals surface area (Å²) >= 11 is 1.63. The number of hydrogen-bond acceptors (Lipinski definition) is 5. The van der Waals surface area contributed by atoms with E-state index in [9.17, 15) is 9.59 Å². The molecule has 0 N–H and O–H groups in total. The van der Waals surface area contributed by atoms with E-state index in [4.69, 9.17) is 9.47 Å². The zero-order valence-corrected chi connectivity index (χ0v) is 18.3. The number of carbonyl (C=O) groups excluding carboxylic acids is 2. The van der Waals surface area contributed by atoms with E-state index >= 15 is 0 Å². The second kappa shape index (κ2) is 9.63. The van der Waals surface area contributed by atoms with Gasteiger partial charge in [-0.1, -0.05) is 42.5 Å². The molecular formula is C25H24O4S. The van der Waals surface area contributed by atoms with Crippen LogP contribution >= 0.6 is 11.8 Å². The van der Waals surface area contributed by atoms with Crippen molar-refractivity contribution >= 4 is 23.5 Å². The highest BCUT2D eigenvalue weighted by molar-refractivity contribution is 7.98. The Hall–Kier alpha value is -3.05. The molecule has 3 aromatic rings. The van der Waals surface area contributed by atoms with Gasteiger partial charge in [0.2, 0.25) is 0 Å². The molecule has 30 heavy (non-hydrogen) atoms. The van der Waals surface area contributed by atoms with Crippen molar-refractivity contribution in [2.45, 2.75) is 24.5 Å². The molecule has 154 valence electrons. The summed E-state index contributed by atoms with van der Waals surface area (Å²) in [7, 11) is 2.97. The minimum atomic E-state index is -0.510. The van der Waals surface area contributed by atoms with E-state index < -0.39 is 5.97 Å². The number of ketones is 1. The molecule has 0 bridgehead atoms. The molecule has 3 rings (SSSR count). The summed E-state index contributed by atoms with van der Waals surface area (Å²) in [6.07, 6.45) is 0. The summed E-state index contributed by atoms with van der Waals surface area (Å²) < 4.78 is 10.2. The summed E-state index contributed by atoms with van der Waals surface area (Å²) in [5.74, 6) is 0.858. The highest BCUT2D eigenvalue weighted by Gasteiger charge is 2.24. The molecule has 0 amide bonds.